The first-order chi connectivity index (χ1) is 8.50. The van der Waals surface area contributed by atoms with Crippen molar-refractivity contribution in [3.8, 4) is 0 Å². The van der Waals surface area contributed by atoms with Gasteiger partial charge in [0.25, 0.3) is 0 Å². The first-order valence-corrected chi connectivity index (χ1v) is 6.25. The average molecular weight is 257 g/mol. The number of rotatable bonds is 6. The summed E-state index contributed by atoms with van der Waals surface area (Å²) in [5.74, 6) is -1.64. The second-order valence-corrected chi connectivity index (χ2v) is 4.46. The Kier molecular flexibility index (Phi) is 5.23. The van der Waals surface area contributed by atoms with Gasteiger partial charge in [0.2, 0.25) is 0 Å². The fourth-order valence-corrected chi connectivity index (χ4v) is 2.25. The minimum atomic E-state index is -0.831. The smallest absolute Gasteiger partial charge is 0.163 e. The van der Waals surface area contributed by atoms with Gasteiger partial charge in [-0.2, -0.15) is 0 Å². The highest BCUT2D eigenvalue weighted by Crippen LogP contribution is 2.33. The molecule has 0 saturated heterocycles. The first kappa shape index (κ1) is 15.1. The van der Waals surface area contributed by atoms with Crippen molar-refractivity contribution in [1.29, 1.82) is 0 Å². The summed E-state index contributed by atoms with van der Waals surface area (Å²) in [6.45, 7) is 6.29. The van der Waals surface area contributed by atoms with E-state index in [1.807, 2.05) is 20.8 Å². The lowest BCUT2D eigenvalue weighted by Crippen LogP contribution is -2.42. The van der Waals surface area contributed by atoms with E-state index in [2.05, 4.69) is 5.32 Å². The van der Waals surface area contributed by atoms with E-state index >= 15 is 0 Å². The summed E-state index contributed by atoms with van der Waals surface area (Å²) in [7, 11) is 1.72. The molecule has 18 heavy (non-hydrogen) atoms. The third kappa shape index (κ3) is 2.87. The van der Waals surface area contributed by atoms with Crippen LogP contribution >= 0.6 is 0 Å². The molecule has 4 heteroatoms. The van der Waals surface area contributed by atoms with Gasteiger partial charge in [-0.3, -0.25) is 0 Å². The normalized spacial score (nSPS) is 16.3. The van der Waals surface area contributed by atoms with E-state index in [0.29, 0.717) is 18.6 Å². The zero-order chi connectivity index (χ0) is 13.8. The van der Waals surface area contributed by atoms with Crippen LogP contribution in [0.2, 0.25) is 0 Å². The molecular formula is C14H21F2NO. The van der Waals surface area contributed by atoms with Crippen molar-refractivity contribution >= 4 is 0 Å². The van der Waals surface area contributed by atoms with Gasteiger partial charge in [-0.05, 0) is 33.4 Å². The molecule has 1 aromatic rings. The van der Waals surface area contributed by atoms with Gasteiger partial charge in [-0.1, -0.05) is 19.1 Å². The van der Waals surface area contributed by atoms with Crippen LogP contribution < -0.4 is 5.32 Å². The van der Waals surface area contributed by atoms with Crippen molar-refractivity contribution in [1.82, 2.24) is 5.32 Å². The Morgan fingerprint density at radius 1 is 1.33 bits per heavy atom. The van der Waals surface area contributed by atoms with Crippen LogP contribution in [0.4, 0.5) is 8.78 Å². The summed E-state index contributed by atoms with van der Waals surface area (Å²) in [6, 6.07) is 3.83. The number of likely N-dealkylation sites (N-methyl/N-ethyl adjacent to an activating group) is 1. The maximum atomic E-state index is 13.9. The zero-order valence-corrected chi connectivity index (χ0v) is 11.4. The van der Waals surface area contributed by atoms with Crippen LogP contribution in [0.3, 0.4) is 0 Å². The summed E-state index contributed by atoms with van der Waals surface area (Å²) in [4.78, 5) is 0. The van der Waals surface area contributed by atoms with Crippen molar-refractivity contribution in [2.45, 2.75) is 38.8 Å². The Labute approximate surface area is 107 Å². The van der Waals surface area contributed by atoms with Gasteiger partial charge in [0.05, 0.1) is 11.6 Å². The molecule has 0 spiro atoms. The number of nitrogens with one attached hydrogen (secondary N) is 1. The van der Waals surface area contributed by atoms with E-state index in [-0.39, 0.29) is 0 Å². The Balaban J connectivity index is 3.19. The standard InChI is InChI=1S/C14H21F2NO/c1-5-14(3,18-6-2)13(17-4)10-8-7-9-11(15)12(10)16/h7-9,13,17H,5-6H2,1-4H3. The molecule has 1 rings (SSSR count). The summed E-state index contributed by atoms with van der Waals surface area (Å²) in [5.41, 5.74) is -0.270. The fraction of sp³-hybridized carbons (Fsp3) is 0.571. The largest absolute Gasteiger partial charge is 0.374 e. The quantitative estimate of drug-likeness (QED) is 0.843. The third-order valence-electron chi connectivity index (χ3n) is 3.37. The summed E-state index contributed by atoms with van der Waals surface area (Å²) in [5, 5.41) is 3.03. The van der Waals surface area contributed by atoms with Crippen molar-refractivity contribution in [2.75, 3.05) is 13.7 Å². The predicted octanol–water partition coefficient (Wildman–Crippen LogP) is 3.43. The molecule has 0 aliphatic heterocycles. The van der Waals surface area contributed by atoms with Gasteiger partial charge in [0.15, 0.2) is 11.6 Å². The van der Waals surface area contributed by atoms with Gasteiger partial charge < -0.3 is 10.1 Å². The van der Waals surface area contributed by atoms with E-state index in [9.17, 15) is 8.78 Å². The lowest BCUT2D eigenvalue weighted by molar-refractivity contribution is -0.0555. The Bertz CT molecular complexity index is 397. The SMILES string of the molecule is CCOC(C)(CC)C(NC)c1cccc(F)c1F. The first-order valence-electron chi connectivity index (χ1n) is 6.25. The molecular weight excluding hydrogens is 236 g/mol. The highest BCUT2D eigenvalue weighted by Gasteiger charge is 2.35. The topological polar surface area (TPSA) is 21.3 Å². The van der Waals surface area contributed by atoms with Crippen molar-refractivity contribution < 1.29 is 13.5 Å². The van der Waals surface area contributed by atoms with Crippen molar-refractivity contribution in [3.63, 3.8) is 0 Å². The van der Waals surface area contributed by atoms with E-state index < -0.39 is 23.3 Å². The Hall–Kier alpha value is -1.00. The molecule has 0 aliphatic rings. The molecule has 2 nitrogen and oxygen atoms in total. The highest BCUT2D eigenvalue weighted by atomic mass is 19.2. The third-order valence-corrected chi connectivity index (χ3v) is 3.37. The highest BCUT2D eigenvalue weighted by molar-refractivity contribution is 5.25. The molecule has 0 saturated carbocycles. The van der Waals surface area contributed by atoms with Crippen LogP contribution in [-0.4, -0.2) is 19.3 Å². The van der Waals surface area contributed by atoms with Gasteiger partial charge in [0, 0.05) is 12.2 Å². The molecule has 0 radical (unpaired) electrons. The van der Waals surface area contributed by atoms with Crippen LogP contribution in [0.5, 0.6) is 0 Å². The number of benzene rings is 1. The van der Waals surface area contributed by atoms with Crippen LogP contribution in [0, 0.1) is 11.6 Å². The molecule has 0 aliphatic carbocycles. The van der Waals surface area contributed by atoms with Crippen LogP contribution in [0.1, 0.15) is 38.8 Å². The molecule has 0 amide bonds. The molecule has 0 heterocycles. The number of hydrogen-bond acceptors (Lipinski definition) is 2. The second-order valence-electron chi connectivity index (χ2n) is 4.46. The molecule has 2 unspecified atom stereocenters. The van der Waals surface area contributed by atoms with Crippen molar-refractivity contribution in [2.24, 2.45) is 0 Å². The number of ether oxygens (including phenoxy) is 1. The maximum Gasteiger partial charge on any atom is 0.163 e. The lowest BCUT2D eigenvalue weighted by atomic mass is 9.87. The zero-order valence-electron chi connectivity index (χ0n) is 11.4. The summed E-state index contributed by atoms with van der Waals surface area (Å²) in [6.07, 6.45) is 0.697. The van der Waals surface area contributed by atoms with Crippen LogP contribution in [0.15, 0.2) is 18.2 Å². The molecule has 1 N–H and O–H groups in total. The minimum absolute atomic E-state index is 0.301. The number of halogens is 2. The Morgan fingerprint density at radius 2 is 2.00 bits per heavy atom. The Morgan fingerprint density at radius 3 is 2.50 bits per heavy atom. The minimum Gasteiger partial charge on any atom is -0.374 e. The van der Waals surface area contributed by atoms with E-state index in [1.54, 1.807) is 13.1 Å². The average Bonchev–Trinajstić information content (AvgIpc) is 2.35. The number of hydrogen-bond donors (Lipinski definition) is 1. The fourth-order valence-electron chi connectivity index (χ4n) is 2.25. The lowest BCUT2D eigenvalue weighted by Gasteiger charge is -2.37. The van der Waals surface area contributed by atoms with Gasteiger partial charge in [-0.25, -0.2) is 8.78 Å². The maximum absolute atomic E-state index is 13.9. The van der Waals surface area contributed by atoms with Gasteiger partial charge in [0.1, 0.15) is 0 Å². The van der Waals surface area contributed by atoms with Crippen molar-refractivity contribution in [3.05, 3.63) is 35.4 Å². The summed E-state index contributed by atoms with van der Waals surface area (Å²) < 4.78 is 32.9. The van der Waals surface area contributed by atoms with E-state index in [4.69, 9.17) is 4.74 Å². The van der Waals surface area contributed by atoms with E-state index in [0.717, 1.165) is 6.07 Å². The molecule has 1 aromatic carbocycles. The molecule has 0 fully saturated rings. The van der Waals surface area contributed by atoms with Crippen LogP contribution in [-0.2, 0) is 4.74 Å². The van der Waals surface area contributed by atoms with Crippen LogP contribution in [0.25, 0.3) is 0 Å². The molecule has 0 aromatic heterocycles. The van der Waals surface area contributed by atoms with Gasteiger partial charge >= 0.3 is 0 Å². The molecule has 102 valence electrons. The predicted molar refractivity (Wildman–Crippen MR) is 68.5 cm³/mol. The molecule has 0 bridgehead atoms. The van der Waals surface area contributed by atoms with Gasteiger partial charge in [-0.15, -0.1) is 0 Å². The second kappa shape index (κ2) is 6.25. The molecule has 2 atom stereocenters. The van der Waals surface area contributed by atoms with E-state index in [1.165, 1.54) is 6.07 Å². The summed E-state index contributed by atoms with van der Waals surface area (Å²) >= 11 is 0. The monoisotopic (exact) mass is 257 g/mol.